The summed E-state index contributed by atoms with van der Waals surface area (Å²) in [5.74, 6) is 10.7. The highest BCUT2D eigenvalue weighted by Gasteiger charge is 2.61. The Balaban J connectivity index is 0.000000357. The van der Waals surface area contributed by atoms with Gasteiger partial charge in [-0.3, -0.25) is 4.79 Å². The highest BCUT2D eigenvalue weighted by Crippen LogP contribution is 2.70. The molecule has 0 heterocycles. The number of aldehydes is 1. The van der Waals surface area contributed by atoms with Crippen LogP contribution in [0.3, 0.4) is 0 Å². The zero-order chi connectivity index (χ0) is 43.1. The summed E-state index contributed by atoms with van der Waals surface area (Å²) in [6, 6.07) is 0. The maximum atomic E-state index is 11.2. The van der Waals surface area contributed by atoms with Crippen LogP contribution >= 0.6 is 11.6 Å². The molecule has 0 amide bonds. The van der Waals surface area contributed by atoms with Crippen LogP contribution in [0.2, 0.25) is 0 Å². The third kappa shape index (κ3) is 7.69. The van der Waals surface area contributed by atoms with Gasteiger partial charge in [0.25, 0.3) is 0 Å². The van der Waals surface area contributed by atoms with Gasteiger partial charge in [-0.2, -0.15) is 0 Å². The van der Waals surface area contributed by atoms with Gasteiger partial charge in [-0.1, -0.05) is 82.1 Å². The van der Waals surface area contributed by atoms with Crippen LogP contribution in [0.15, 0.2) is 0 Å². The van der Waals surface area contributed by atoms with Gasteiger partial charge in [0.1, 0.15) is 7.63 Å². The standard InChI is InChI=1S/C24H39ClO.C24H40O.2CH4.3H2/c1-16(7-12-22(25)26)19-10-11-20-18-9-8-17-6-4-5-14-23(17,2)21(18)13-15-24(19,20)3;1-17(7-6-16-25)20-11-12-21-19-10-9-18-8-4-5-14-23(18,2)22(19)13-15-24(20,21)3;;;;;/h16-21H,4-15H2,1-3H3;16-22H,4-15H2,1-3H3;2*1H4;3*1H/i;16D;1D;;2*1+1D;1+1. The molecule has 0 radical (unpaired) electrons. The van der Waals surface area contributed by atoms with E-state index in [0.29, 0.717) is 46.3 Å². The molecule has 8 aliphatic carbocycles. The molecule has 8 saturated carbocycles. The van der Waals surface area contributed by atoms with Crippen LogP contribution in [-0.2, 0) is 9.59 Å². The number of fused-ring (bicyclic) bond motifs is 10. The largest absolute Gasteiger partial charge is 0.303 e. The van der Waals surface area contributed by atoms with E-state index in [1.807, 2.05) is 0 Å². The molecule has 0 aromatic rings. The summed E-state index contributed by atoms with van der Waals surface area (Å²) in [4.78, 5) is 22.4. The molecule has 2 nitrogen and oxygen atoms in total. The van der Waals surface area contributed by atoms with E-state index in [1.54, 1.807) is 0 Å². The fraction of sp³-hybridized carbons (Fsp3) is 0.960. The Morgan fingerprint density at radius 1 is 0.660 bits per heavy atom. The molecule has 16 unspecified atom stereocenters. The van der Waals surface area contributed by atoms with Crippen molar-refractivity contribution in [3.05, 3.63) is 0 Å². The lowest BCUT2D eigenvalue weighted by molar-refractivity contribution is -0.116. The second kappa shape index (κ2) is 17.2. The van der Waals surface area contributed by atoms with Gasteiger partial charge >= 0.3 is 0 Å². The molecule has 53 heavy (non-hydrogen) atoms. The molecule has 16 atom stereocenters. The van der Waals surface area contributed by atoms with Crippen LogP contribution < -0.4 is 0 Å². The Bertz CT molecular complexity index is 1210. The van der Waals surface area contributed by atoms with E-state index in [2.05, 4.69) is 41.5 Å². The van der Waals surface area contributed by atoms with Crippen molar-refractivity contribution in [2.24, 2.45) is 92.7 Å². The highest BCUT2D eigenvalue weighted by atomic mass is 35.5. The van der Waals surface area contributed by atoms with Gasteiger partial charge in [-0.15, -0.1) is 0 Å². The second-order valence-corrected chi connectivity index (χ2v) is 22.2. The molecule has 0 N–H and O–H groups in total. The van der Waals surface area contributed by atoms with Crippen LogP contribution in [0.1, 0.15) is 221 Å². The summed E-state index contributed by atoms with van der Waals surface area (Å²) >= 11 is 5.63. The van der Waals surface area contributed by atoms with Gasteiger partial charge in [0.2, 0.25) is 5.24 Å². The van der Waals surface area contributed by atoms with Crippen LogP contribution in [0.25, 0.3) is 0 Å². The Morgan fingerprint density at radius 2 is 1.09 bits per heavy atom. The summed E-state index contributed by atoms with van der Waals surface area (Å²) in [5.41, 5.74) is 2.32. The fourth-order valence-electron chi connectivity index (χ4n) is 17.6. The zero-order valence-electron chi connectivity index (χ0n) is 41.1. The predicted molar refractivity (Wildman–Crippen MR) is 233 cm³/mol. The van der Waals surface area contributed by atoms with Crippen LogP contribution in [0.4, 0.5) is 0 Å². The first kappa shape index (κ1) is 38.2. The van der Waals surface area contributed by atoms with Gasteiger partial charge < -0.3 is 4.79 Å². The molecule has 0 aromatic heterocycles. The lowest BCUT2D eigenvalue weighted by Gasteiger charge is -2.61. The summed E-state index contributed by atoms with van der Waals surface area (Å²) in [5, 5.41) is -0.149. The van der Waals surface area contributed by atoms with Crippen LogP contribution in [0.5, 0.6) is 0 Å². The number of carbonyl (C=O) groups is 2. The van der Waals surface area contributed by atoms with Crippen molar-refractivity contribution in [2.45, 2.75) is 210 Å². The highest BCUT2D eigenvalue weighted by molar-refractivity contribution is 6.63. The van der Waals surface area contributed by atoms with Crippen molar-refractivity contribution in [1.82, 2.24) is 0 Å². The summed E-state index contributed by atoms with van der Waals surface area (Å²) in [6.07, 6.45) is 31.9. The number of rotatable bonds is 8. The van der Waals surface area contributed by atoms with Gasteiger partial charge in [0, 0.05) is 21.6 Å². The van der Waals surface area contributed by atoms with Crippen molar-refractivity contribution in [2.75, 3.05) is 0 Å². The van der Waals surface area contributed by atoms with Crippen LogP contribution in [0, 0.1) is 92.7 Å². The molecule has 0 aromatic carbocycles. The van der Waals surface area contributed by atoms with E-state index >= 15 is 0 Å². The summed E-state index contributed by atoms with van der Waals surface area (Å²) < 4.78 is 33.0. The minimum atomic E-state index is -0.371. The first-order valence-corrected chi connectivity index (χ1v) is 23.3. The first-order chi connectivity index (χ1) is 27.7. The first-order valence-electron chi connectivity index (χ1n) is 26.4. The third-order valence-electron chi connectivity index (χ3n) is 20.2. The monoisotopic (exact) mass is 768 g/mol. The molecule has 0 spiro atoms. The average molecular weight is 769 g/mol. The van der Waals surface area contributed by atoms with Gasteiger partial charge in [0.05, 0.1) is 0 Å². The van der Waals surface area contributed by atoms with Crippen LogP contribution in [-0.4, -0.2) is 11.5 Å². The van der Waals surface area contributed by atoms with E-state index in [9.17, 15) is 9.59 Å². The number of carbonyl (C=O) groups excluding carboxylic acids is 2. The van der Waals surface area contributed by atoms with Gasteiger partial charge in [0.15, 0.2) is 0 Å². The maximum Gasteiger partial charge on any atom is 0.221 e. The van der Waals surface area contributed by atoms with E-state index in [4.69, 9.17) is 20.3 Å². The number of hydrogen-bond donors (Lipinski definition) is 0. The van der Waals surface area contributed by atoms with E-state index < -0.39 is 0 Å². The number of hydrogen-bond acceptors (Lipinski definition) is 2. The molecule has 8 rings (SSSR count). The molecular formula is C50H93ClO2. The quantitative estimate of drug-likeness (QED) is 0.182. The molecule has 0 aliphatic heterocycles. The normalized spacial score (nSPS) is 48.5. The minimum Gasteiger partial charge on any atom is -0.303 e. The third-order valence-corrected chi connectivity index (χ3v) is 20.4. The predicted octanol–water partition coefficient (Wildman–Crippen LogP) is 15.9. The van der Waals surface area contributed by atoms with Crippen molar-refractivity contribution in [3.63, 3.8) is 0 Å². The Hall–Kier alpha value is -0.370. The summed E-state index contributed by atoms with van der Waals surface area (Å²) in [6.45, 7) is 15.3. The topological polar surface area (TPSA) is 34.1 Å². The van der Waals surface area contributed by atoms with E-state index in [-0.39, 0.29) is 20.4 Å². The zero-order valence-corrected chi connectivity index (χ0v) is 35.8. The Kier molecular flexibility index (Phi) is 12.4. The van der Waals surface area contributed by atoms with E-state index in [1.165, 1.54) is 136 Å². The van der Waals surface area contributed by atoms with E-state index in [0.717, 1.165) is 72.0 Å². The SMILES string of the molecule is C.CC(CCC(=O)Cl)C1CCC2C3CCC4CCCCC4(C)C3CCC12C.[2HH].[2H]C.[2H]C(=O)CCC(C)C1CCC2C3CCC4CCCCC4(C)C3CCC12C.[2H][2H].[2H][2H]. The minimum absolute atomic E-state index is 0. The molecule has 8 aliphatic rings. The van der Waals surface area contributed by atoms with Crippen molar-refractivity contribution in [3.8, 4) is 0 Å². The van der Waals surface area contributed by atoms with Gasteiger partial charge in [-0.05, 0) is 220 Å². The van der Waals surface area contributed by atoms with Crippen molar-refractivity contribution < 1.29 is 19.7 Å². The summed E-state index contributed by atoms with van der Waals surface area (Å²) in [7, 11) is 1.25. The molecule has 312 valence electrons. The lowest BCUT2D eigenvalue weighted by atomic mass is 9.44. The lowest BCUT2D eigenvalue weighted by Crippen LogP contribution is -2.53. The fourth-order valence-corrected chi connectivity index (χ4v) is 17.7. The van der Waals surface area contributed by atoms with Gasteiger partial charge in [-0.25, -0.2) is 0 Å². The molecule has 8 fully saturated rings. The molecule has 3 heteroatoms. The number of halogens is 1. The molecule has 0 bridgehead atoms. The smallest absolute Gasteiger partial charge is 0.221 e. The maximum absolute atomic E-state index is 11.2. The second-order valence-electron chi connectivity index (χ2n) is 21.8. The Labute approximate surface area is 345 Å². The Morgan fingerprint density at radius 3 is 1.53 bits per heavy atom. The molecular weight excluding hydrogens is 668 g/mol. The molecule has 0 saturated heterocycles. The van der Waals surface area contributed by atoms with Crippen molar-refractivity contribution in [1.29, 1.82) is 0 Å². The average Bonchev–Trinajstić information content (AvgIpc) is 3.78. The van der Waals surface area contributed by atoms with Crippen molar-refractivity contribution >= 4 is 23.1 Å².